The van der Waals surface area contributed by atoms with Crippen molar-refractivity contribution in [2.24, 2.45) is 0 Å². The second kappa shape index (κ2) is 131. The highest BCUT2D eigenvalue weighted by atomic mass is 16.5. The molecule has 118 heavy (non-hydrogen) atoms. The Morgan fingerprint density at radius 3 is 0.466 bits per heavy atom. The zero-order valence-electron chi connectivity index (χ0n) is 84.5. The van der Waals surface area contributed by atoms with Gasteiger partial charge in [-0.25, -0.2) is 0 Å². The molecule has 8 unspecified atom stereocenters. The van der Waals surface area contributed by atoms with Crippen LogP contribution < -0.4 is 0 Å². The molecule has 0 fully saturated rings. The maximum Gasteiger partial charge on any atom is 0.305 e. The molecule has 0 saturated carbocycles. The van der Waals surface area contributed by atoms with Gasteiger partial charge in [0.25, 0.3) is 0 Å². The number of rotatable bonds is 80. The molecule has 0 bridgehead atoms. The quantitative estimate of drug-likeness (QED) is 0.0165. The minimum atomic E-state index is -0.0961. The van der Waals surface area contributed by atoms with Crippen molar-refractivity contribution in [3.05, 3.63) is 12.2 Å². The number of aliphatic hydroxyl groups is 8. The van der Waals surface area contributed by atoms with Gasteiger partial charge >= 0.3 is 5.97 Å². The van der Waals surface area contributed by atoms with E-state index in [0.29, 0.717) is 13.0 Å². The smallest absolute Gasteiger partial charge is 0.305 e. The normalized spacial score (nSPS) is 12.9. The molecule has 10 heteroatoms. The highest BCUT2D eigenvalue weighted by molar-refractivity contribution is 5.69. The molecule has 0 aromatic carbocycles. The molecule has 0 aliphatic carbocycles. The van der Waals surface area contributed by atoms with Crippen molar-refractivity contribution in [1.82, 2.24) is 0 Å². The van der Waals surface area contributed by atoms with Crippen molar-refractivity contribution in [2.75, 3.05) is 6.61 Å². The van der Waals surface area contributed by atoms with Gasteiger partial charge in [-0.05, 0) is 145 Å². The Kier molecular flexibility index (Phi) is 150. The largest absolute Gasteiger partial charge is 0.466 e. The van der Waals surface area contributed by atoms with Crippen molar-refractivity contribution in [3.8, 4) is 0 Å². The molecule has 0 rings (SSSR count). The Morgan fingerprint density at radius 1 is 0.186 bits per heavy atom. The summed E-state index contributed by atoms with van der Waals surface area (Å²) in [6, 6.07) is 0. The second-order valence-electron chi connectivity index (χ2n) is 36.3. The summed E-state index contributed by atoms with van der Waals surface area (Å²) < 4.78 is 5.36. The molecule has 0 amide bonds. The maximum atomic E-state index is 11.8. The van der Waals surface area contributed by atoms with Crippen molar-refractivity contribution < 1.29 is 50.4 Å². The van der Waals surface area contributed by atoms with E-state index < -0.39 is 0 Å². The van der Waals surface area contributed by atoms with Gasteiger partial charge < -0.3 is 45.6 Å². The lowest BCUT2D eigenvalue weighted by Gasteiger charge is -2.05. The fourth-order valence-corrected chi connectivity index (χ4v) is 13.6. The van der Waals surface area contributed by atoms with Crippen LogP contribution in [-0.4, -0.2) is 102 Å². The number of hydrogen-bond donors (Lipinski definition) is 8. The molecule has 722 valence electrons. The summed E-state index contributed by atoms with van der Waals surface area (Å²) in [5, 5.41) is 71.6. The van der Waals surface area contributed by atoms with Gasteiger partial charge in [0.15, 0.2) is 0 Å². The minimum Gasteiger partial charge on any atom is -0.466 e. The molecule has 0 saturated heterocycles. The van der Waals surface area contributed by atoms with E-state index in [9.17, 15) is 4.79 Å². The summed E-state index contributed by atoms with van der Waals surface area (Å²) in [4.78, 5) is 11.8. The molecule has 0 aromatic heterocycles. The van der Waals surface area contributed by atoms with Crippen LogP contribution in [0.2, 0.25) is 0 Å². The lowest BCUT2D eigenvalue weighted by atomic mass is 10.1. The van der Waals surface area contributed by atoms with Gasteiger partial charge in [-0.2, -0.15) is 0 Å². The van der Waals surface area contributed by atoms with Gasteiger partial charge in [0, 0.05) is 6.42 Å². The fourth-order valence-electron chi connectivity index (χ4n) is 13.6. The molecule has 0 radical (unpaired) electrons. The van der Waals surface area contributed by atoms with Crippen LogP contribution in [0.25, 0.3) is 0 Å². The lowest BCUT2D eigenvalue weighted by molar-refractivity contribution is -0.143. The van der Waals surface area contributed by atoms with Gasteiger partial charge in [0.05, 0.1) is 55.4 Å². The summed E-state index contributed by atoms with van der Waals surface area (Å²) >= 11 is 0. The van der Waals surface area contributed by atoms with E-state index in [1.54, 1.807) is 0 Å². The predicted molar refractivity (Wildman–Crippen MR) is 530 cm³/mol. The average molecular weight is 1690 g/mol. The Morgan fingerprint density at radius 2 is 0.314 bits per heavy atom. The number of aliphatic hydroxyl groups excluding tert-OH is 8. The summed E-state index contributed by atoms with van der Waals surface area (Å²) in [5.74, 6) is 0.00979. The van der Waals surface area contributed by atoms with Gasteiger partial charge in [-0.15, -0.1) is 0 Å². The number of esters is 1. The van der Waals surface area contributed by atoms with Gasteiger partial charge in [-0.3, -0.25) is 4.79 Å². The fraction of sp³-hybridized carbons (Fsp3) is 0.972. The lowest BCUT2D eigenvalue weighted by Crippen LogP contribution is -2.05. The predicted octanol–water partition coefficient (Wildman–Crippen LogP) is 34.7. The number of unbranched alkanes of at least 4 members (excludes halogenated alkanes) is 58. The Hall–Kier alpha value is -1.11. The van der Waals surface area contributed by atoms with Crippen LogP contribution in [-0.2, 0) is 9.53 Å². The first-order valence-corrected chi connectivity index (χ1v) is 53.2. The Balaban J connectivity index is -0.000000168. The molecule has 0 heterocycles. The van der Waals surface area contributed by atoms with Gasteiger partial charge in [0.2, 0.25) is 0 Å². The number of carbonyl (C=O) groups excluding carboxylic acids is 1. The van der Waals surface area contributed by atoms with Crippen molar-refractivity contribution in [2.45, 2.75) is 674 Å². The van der Waals surface area contributed by atoms with Crippen LogP contribution in [0.1, 0.15) is 625 Å². The summed E-state index contributed by atoms with van der Waals surface area (Å²) in [5.41, 5.74) is 0. The highest BCUT2D eigenvalue weighted by Crippen LogP contribution is 2.17. The van der Waals surface area contributed by atoms with E-state index >= 15 is 0 Å². The average Bonchev–Trinajstić information content (AvgIpc) is 1.05. The Labute approximate surface area is 745 Å². The molecule has 0 aliphatic rings. The molecule has 10 nitrogen and oxygen atoms in total. The van der Waals surface area contributed by atoms with E-state index in [0.717, 1.165) is 70.6 Å². The first-order valence-electron chi connectivity index (χ1n) is 53.2. The van der Waals surface area contributed by atoms with Crippen LogP contribution in [0.3, 0.4) is 0 Å². The Bertz CT molecular complexity index is 1360. The highest BCUT2D eigenvalue weighted by Gasteiger charge is 2.05. The van der Waals surface area contributed by atoms with Crippen LogP contribution in [0.5, 0.6) is 0 Å². The SMILES string of the molecule is CCCCCCCC/C=C\CCCCCCCC(=O)OCCCCCCCCCC.CCCCCCCCC(C)O.CCCCCCCCC(C)O.CCCCCCCCC(C)O.CCCCCCCCC(C)O.CCCCCCCCC(C)O.CCCCCCCCC(C)O.CCCCCCCCC(C)O.CCCCCCCCC(C)O. The maximum absolute atomic E-state index is 11.8. The number of ether oxygens (including phenoxy) is 1. The molecule has 8 N–H and O–H groups in total. The molecule has 0 spiro atoms. The molecule has 0 aromatic rings. The molecular weight excluding hydrogens is 1460 g/mol. The molecule has 0 aliphatic heterocycles. The van der Waals surface area contributed by atoms with Crippen LogP contribution in [0.15, 0.2) is 12.2 Å². The first kappa shape index (κ1) is 135. The van der Waals surface area contributed by atoms with E-state index in [4.69, 9.17) is 45.6 Å². The van der Waals surface area contributed by atoms with E-state index in [1.807, 2.05) is 55.4 Å². The minimum absolute atomic E-state index is 0.00979. The van der Waals surface area contributed by atoms with Crippen molar-refractivity contribution in [3.63, 3.8) is 0 Å². The van der Waals surface area contributed by atoms with Crippen molar-refractivity contribution >= 4 is 5.97 Å². The van der Waals surface area contributed by atoms with Gasteiger partial charge in [-0.1, -0.05) is 486 Å². The summed E-state index contributed by atoms with van der Waals surface area (Å²) in [6.45, 7) is 37.9. The van der Waals surface area contributed by atoms with Crippen LogP contribution in [0, 0.1) is 0 Å². The first-order chi connectivity index (χ1) is 57.0. The van der Waals surface area contributed by atoms with Crippen LogP contribution in [0.4, 0.5) is 0 Å². The molecular formula is C108H230O10. The summed E-state index contributed by atoms with van der Waals surface area (Å²) in [7, 11) is 0. The number of carbonyl (C=O) groups is 1. The third-order valence-corrected chi connectivity index (χ3v) is 21.7. The van der Waals surface area contributed by atoms with E-state index in [-0.39, 0.29) is 54.8 Å². The van der Waals surface area contributed by atoms with E-state index in [2.05, 4.69) is 81.4 Å². The number of allylic oxidation sites excluding steroid dienone is 2. The topological polar surface area (TPSA) is 188 Å². The van der Waals surface area contributed by atoms with Gasteiger partial charge in [0.1, 0.15) is 0 Å². The second-order valence-corrected chi connectivity index (χ2v) is 36.3. The van der Waals surface area contributed by atoms with E-state index in [1.165, 1.54) is 424 Å². The monoisotopic (exact) mass is 1690 g/mol. The third kappa shape index (κ3) is 180. The zero-order valence-corrected chi connectivity index (χ0v) is 84.5. The third-order valence-electron chi connectivity index (χ3n) is 21.7. The number of hydrogen-bond acceptors (Lipinski definition) is 10. The summed E-state index contributed by atoms with van der Waals surface area (Å²) in [6.07, 6.45) is 103. The van der Waals surface area contributed by atoms with Crippen molar-refractivity contribution in [1.29, 1.82) is 0 Å². The standard InChI is InChI=1S/C28H54O2.8C10H22O/c1-3-5-7-9-11-13-14-15-16-17-18-19-20-22-24-26-28(29)30-27-25-23-21-12-10-8-6-4-2;8*1-3-4-5-6-7-8-9-10(2)11/h15-16H,3-14,17-27H2,1-2H3;8*10-11H,3-9H2,1-2H3/b16-15-;;;;;;;;. The molecule has 8 atom stereocenters. The van der Waals surface area contributed by atoms with Crippen LogP contribution >= 0.6 is 0 Å². The zero-order chi connectivity index (χ0) is 90.2.